The Hall–Kier alpha value is -1.74. The van der Waals surface area contributed by atoms with Crippen LogP contribution >= 0.6 is 0 Å². The van der Waals surface area contributed by atoms with E-state index >= 15 is 0 Å². The SMILES string of the molecule is NC1(Cc2ccc(F)c(F)c2)CCc2ccccc21. The predicted molar refractivity (Wildman–Crippen MR) is 70.7 cm³/mol. The molecule has 2 aromatic rings. The molecular weight excluding hydrogens is 244 g/mol. The molecule has 0 saturated heterocycles. The van der Waals surface area contributed by atoms with Gasteiger partial charge >= 0.3 is 0 Å². The Kier molecular flexibility index (Phi) is 2.86. The maximum atomic E-state index is 13.3. The predicted octanol–water partition coefficient (Wildman–Crippen LogP) is 3.31. The highest BCUT2D eigenvalue weighted by molar-refractivity contribution is 5.40. The van der Waals surface area contributed by atoms with Crippen LogP contribution in [-0.4, -0.2) is 0 Å². The summed E-state index contributed by atoms with van der Waals surface area (Å²) >= 11 is 0. The van der Waals surface area contributed by atoms with Gasteiger partial charge in [-0.15, -0.1) is 0 Å². The Morgan fingerprint density at radius 1 is 1.05 bits per heavy atom. The number of nitrogens with two attached hydrogens (primary N) is 1. The summed E-state index contributed by atoms with van der Waals surface area (Å²) in [4.78, 5) is 0. The Labute approximate surface area is 111 Å². The minimum Gasteiger partial charge on any atom is -0.321 e. The minimum absolute atomic E-state index is 0.471. The summed E-state index contributed by atoms with van der Waals surface area (Å²) in [5.74, 6) is -1.63. The first-order chi connectivity index (χ1) is 9.08. The van der Waals surface area contributed by atoms with E-state index in [9.17, 15) is 8.78 Å². The molecule has 1 nitrogen and oxygen atoms in total. The van der Waals surface area contributed by atoms with Gasteiger partial charge in [0.25, 0.3) is 0 Å². The van der Waals surface area contributed by atoms with E-state index in [-0.39, 0.29) is 0 Å². The van der Waals surface area contributed by atoms with Crippen molar-refractivity contribution in [3.8, 4) is 0 Å². The lowest BCUT2D eigenvalue weighted by molar-refractivity contribution is 0.435. The molecule has 0 aliphatic heterocycles. The van der Waals surface area contributed by atoms with Crippen LogP contribution in [0.2, 0.25) is 0 Å². The van der Waals surface area contributed by atoms with Crippen molar-refractivity contribution in [3.05, 3.63) is 70.8 Å². The monoisotopic (exact) mass is 259 g/mol. The summed E-state index contributed by atoms with van der Waals surface area (Å²) in [6.45, 7) is 0. The lowest BCUT2D eigenvalue weighted by Crippen LogP contribution is -2.36. The normalized spacial score (nSPS) is 21.4. The van der Waals surface area contributed by atoms with Crippen molar-refractivity contribution < 1.29 is 8.78 Å². The number of rotatable bonds is 2. The summed E-state index contributed by atoms with van der Waals surface area (Å²) in [6, 6.07) is 12.1. The fourth-order valence-corrected chi connectivity index (χ4v) is 2.91. The molecule has 0 heterocycles. The Bertz CT molecular complexity index is 624. The van der Waals surface area contributed by atoms with Crippen LogP contribution in [0.1, 0.15) is 23.1 Å². The van der Waals surface area contributed by atoms with Crippen LogP contribution in [0.25, 0.3) is 0 Å². The van der Waals surface area contributed by atoms with Crippen molar-refractivity contribution in [2.75, 3.05) is 0 Å². The van der Waals surface area contributed by atoms with Crippen LogP contribution in [0.3, 0.4) is 0 Å². The van der Waals surface area contributed by atoms with Crippen molar-refractivity contribution in [2.24, 2.45) is 5.73 Å². The number of hydrogen-bond acceptors (Lipinski definition) is 1. The number of hydrogen-bond donors (Lipinski definition) is 1. The zero-order valence-electron chi connectivity index (χ0n) is 10.5. The highest BCUT2D eigenvalue weighted by Crippen LogP contribution is 2.37. The van der Waals surface area contributed by atoms with Crippen LogP contribution in [-0.2, 0) is 18.4 Å². The number of benzene rings is 2. The smallest absolute Gasteiger partial charge is 0.159 e. The minimum atomic E-state index is -0.818. The van der Waals surface area contributed by atoms with Gasteiger partial charge in [0, 0.05) is 5.54 Å². The largest absolute Gasteiger partial charge is 0.321 e. The Morgan fingerprint density at radius 3 is 2.63 bits per heavy atom. The highest BCUT2D eigenvalue weighted by atomic mass is 19.2. The molecule has 2 aromatic carbocycles. The molecule has 19 heavy (non-hydrogen) atoms. The molecule has 0 radical (unpaired) electrons. The van der Waals surface area contributed by atoms with E-state index in [2.05, 4.69) is 6.07 Å². The van der Waals surface area contributed by atoms with Gasteiger partial charge in [-0.1, -0.05) is 30.3 Å². The molecule has 3 rings (SSSR count). The molecule has 98 valence electrons. The van der Waals surface area contributed by atoms with Gasteiger partial charge < -0.3 is 5.73 Å². The summed E-state index contributed by atoms with van der Waals surface area (Å²) in [6.07, 6.45) is 2.31. The van der Waals surface area contributed by atoms with Crippen molar-refractivity contribution >= 4 is 0 Å². The second kappa shape index (κ2) is 4.42. The fourth-order valence-electron chi connectivity index (χ4n) is 2.91. The quantitative estimate of drug-likeness (QED) is 0.879. The zero-order valence-corrected chi connectivity index (χ0v) is 10.5. The molecular formula is C16H15F2N. The number of aryl methyl sites for hydroxylation is 1. The molecule has 0 spiro atoms. The van der Waals surface area contributed by atoms with Crippen LogP contribution in [0.4, 0.5) is 8.78 Å². The third-order valence-corrected chi connectivity index (χ3v) is 3.90. The van der Waals surface area contributed by atoms with Gasteiger partial charge in [-0.2, -0.15) is 0 Å². The molecule has 0 fully saturated rings. The maximum Gasteiger partial charge on any atom is 0.159 e. The molecule has 0 amide bonds. The Balaban J connectivity index is 1.93. The van der Waals surface area contributed by atoms with Crippen LogP contribution < -0.4 is 5.73 Å². The van der Waals surface area contributed by atoms with Gasteiger partial charge in [0.15, 0.2) is 11.6 Å². The average molecular weight is 259 g/mol. The first-order valence-electron chi connectivity index (χ1n) is 6.40. The molecule has 2 N–H and O–H groups in total. The van der Waals surface area contributed by atoms with Gasteiger partial charge in [-0.05, 0) is 48.1 Å². The zero-order chi connectivity index (χ0) is 13.5. The summed E-state index contributed by atoms with van der Waals surface area (Å²) in [5, 5.41) is 0. The second-order valence-corrected chi connectivity index (χ2v) is 5.24. The molecule has 1 atom stereocenters. The van der Waals surface area contributed by atoms with Crippen LogP contribution in [0.5, 0.6) is 0 Å². The van der Waals surface area contributed by atoms with Gasteiger partial charge in [0.05, 0.1) is 0 Å². The second-order valence-electron chi connectivity index (χ2n) is 5.24. The molecule has 3 heteroatoms. The van der Waals surface area contributed by atoms with E-state index in [1.165, 1.54) is 11.6 Å². The van der Waals surface area contributed by atoms with Crippen LogP contribution in [0, 0.1) is 11.6 Å². The van der Waals surface area contributed by atoms with Gasteiger partial charge in [-0.25, -0.2) is 8.78 Å². The molecule has 1 unspecified atom stereocenters. The summed E-state index contributed by atoms with van der Waals surface area (Å²) in [7, 11) is 0. The third-order valence-electron chi connectivity index (χ3n) is 3.90. The van der Waals surface area contributed by atoms with Crippen molar-refractivity contribution in [1.29, 1.82) is 0 Å². The molecule has 1 aliphatic carbocycles. The first kappa shape index (κ1) is 12.3. The standard InChI is InChI=1S/C16H15F2N/c17-14-6-5-11(9-15(14)18)10-16(19)8-7-12-3-1-2-4-13(12)16/h1-6,9H,7-8,10,19H2. The van der Waals surface area contributed by atoms with E-state index in [1.54, 1.807) is 6.07 Å². The fraction of sp³-hybridized carbons (Fsp3) is 0.250. The highest BCUT2D eigenvalue weighted by Gasteiger charge is 2.34. The van der Waals surface area contributed by atoms with Crippen molar-refractivity contribution in [2.45, 2.75) is 24.8 Å². The van der Waals surface area contributed by atoms with Gasteiger partial charge in [0.2, 0.25) is 0 Å². The lowest BCUT2D eigenvalue weighted by atomic mass is 9.86. The van der Waals surface area contributed by atoms with Gasteiger partial charge in [-0.3, -0.25) is 0 Å². The average Bonchev–Trinajstić information content (AvgIpc) is 2.73. The maximum absolute atomic E-state index is 13.3. The Morgan fingerprint density at radius 2 is 1.84 bits per heavy atom. The van der Waals surface area contributed by atoms with E-state index in [4.69, 9.17) is 5.73 Å². The van der Waals surface area contributed by atoms with Crippen molar-refractivity contribution in [1.82, 2.24) is 0 Å². The molecule has 0 aromatic heterocycles. The number of fused-ring (bicyclic) bond motifs is 1. The lowest BCUT2D eigenvalue weighted by Gasteiger charge is -2.25. The summed E-state index contributed by atoms with van der Waals surface area (Å²) in [5.41, 5.74) is 9.12. The molecule has 0 bridgehead atoms. The first-order valence-corrected chi connectivity index (χ1v) is 6.40. The van der Waals surface area contributed by atoms with Crippen LogP contribution in [0.15, 0.2) is 42.5 Å². The topological polar surface area (TPSA) is 26.0 Å². The summed E-state index contributed by atoms with van der Waals surface area (Å²) < 4.78 is 26.2. The van der Waals surface area contributed by atoms with E-state index in [1.807, 2.05) is 18.2 Å². The molecule has 0 saturated carbocycles. The van der Waals surface area contributed by atoms with E-state index in [0.29, 0.717) is 6.42 Å². The molecule has 1 aliphatic rings. The third kappa shape index (κ3) is 2.15. The van der Waals surface area contributed by atoms with Crippen molar-refractivity contribution in [3.63, 3.8) is 0 Å². The van der Waals surface area contributed by atoms with E-state index in [0.717, 1.165) is 30.0 Å². The number of halogens is 2. The van der Waals surface area contributed by atoms with Gasteiger partial charge in [0.1, 0.15) is 0 Å². The van der Waals surface area contributed by atoms with E-state index < -0.39 is 17.2 Å².